The molecule has 2 rings (SSSR count). The number of Topliss-reactive ketones (excluding diaryl/α,β-unsaturated/α-hetero) is 1. The molecule has 0 fully saturated rings. The van der Waals surface area contributed by atoms with E-state index >= 15 is 0 Å². The van der Waals surface area contributed by atoms with Crippen LogP contribution < -0.4 is 0 Å². The molecule has 0 aliphatic heterocycles. The zero-order valence-electron chi connectivity index (χ0n) is 8.87. The largest absolute Gasteiger partial charge is 0.453 e. The van der Waals surface area contributed by atoms with Crippen molar-refractivity contribution in [1.82, 2.24) is 0 Å². The van der Waals surface area contributed by atoms with Gasteiger partial charge in [0.25, 0.3) is 0 Å². The van der Waals surface area contributed by atoms with E-state index in [1.165, 1.54) is 0 Å². The molecule has 0 aliphatic carbocycles. The van der Waals surface area contributed by atoms with Gasteiger partial charge in [0, 0.05) is 16.5 Å². The number of carbonyl (C=O) groups is 1. The van der Waals surface area contributed by atoms with Gasteiger partial charge in [-0.2, -0.15) is 0 Å². The summed E-state index contributed by atoms with van der Waals surface area (Å²) in [5.41, 5.74) is 0.956. The summed E-state index contributed by atoms with van der Waals surface area (Å²) in [7, 11) is 0. The second-order valence-electron chi connectivity index (χ2n) is 3.42. The molecule has 82 valence electrons. The molecule has 0 saturated carbocycles. The quantitative estimate of drug-likeness (QED) is 0.784. The summed E-state index contributed by atoms with van der Waals surface area (Å²) < 4.78 is 6.48. The maximum Gasteiger partial charge on any atom is 0.197 e. The molecule has 0 radical (unpaired) electrons. The molecule has 0 unspecified atom stereocenters. The topological polar surface area (TPSA) is 30.2 Å². The Morgan fingerprint density at radius 2 is 2.00 bits per heavy atom. The first-order valence-corrected chi connectivity index (χ1v) is 5.89. The Morgan fingerprint density at radius 3 is 2.69 bits per heavy atom. The number of halogens is 1. The Balaban J connectivity index is 2.39. The van der Waals surface area contributed by atoms with E-state index in [-0.39, 0.29) is 5.78 Å². The van der Waals surface area contributed by atoms with Gasteiger partial charge in [0.15, 0.2) is 11.5 Å². The molecular formula is C13H11BrO2. The van der Waals surface area contributed by atoms with Gasteiger partial charge in [-0.05, 0) is 18.2 Å². The van der Waals surface area contributed by atoms with Gasteiger partial charge in [0.05, 0.1) is 0 Å². The smallest absolute Gasteiger partial charge is 0.197 e. The molecule has 0 amide bonds. The summed E-state index contributed by atoms with van der Waals surface area (Å²) >= 11 is 3.45. The minimum absolute atomic E-state index is 0.0262. The molecule has 0 saturated heterocycles. The Morgan fingerprint density at radius 1 is 1.25 bits per heavy atom. The van der Waals surface area contributed by atoms with Crippen LogP contribution in [0.2, 0.25) is 0 Å². The second kappa shape index (κ2) is 4.66. The lowest BCUT2D eigenvalue weighted by Crippen LogP contribution is -1.92. The van der Waals surface area contributed by atoms with Crippen LogP contribution in [0.3, 0.4) is 0 Å². The van der Waals surface area contributed by atoms with E-state index in [1.807, 2.05) is 37.3 Å². The van der Waals surface area contributed by atoms with Gasteiger partial charge in [0.2, 0.25) is 0 Å². The molecular weight excluding hydrogens is 268 g/mol. The van der Waals surface area contributed by atoms with E-state index < -0.39 is 0 Å². The third kappa shape index (κ3) is 2.09. The van der Waals surface area contributed by atoms with Gasteiger partial charge >= 0.3 is 0 Å². The van der Waals surface area contributed by atoms with Crippen molar-refractivity contribution >= 4 is 21.7 Å². The Bertz CT molecular complexity index is 514. The van der Waals surface area contributed by atoms with Crippen LogP contribution in [0, 0.1) is 0 Å². The lowest BCUT2D eigenvalue weighted by molar-refractivity contribution is 0.0962. The van der Waals surface area contributed by atoms with Crippen LogP contribution in [0.5, 0.6) is 0 Å². The maximum absolute atomic E-state index is 11.4. The normalized spacial score (nSPS) is 10.4. The van der Waals surface area contributed by atoms with Crippen molar-refractivity contribution in [1.29, 1.82) is 0 Å². The summed E-state index contributed by atoms with van der Waals surface area (Å²) in [4.78, 5) is 11.4. The Labute approximate surface area is 102 Å². The van der Waals surface area contributed by atoms with Crippen LogP contribution in [0.15, 0.2) is 45.3 Å². The predicted molar refractivity (Wildman–Crippen MR) is 66.5 cm³/mol. The van der Waals surface area contributed by atoms with Gasteiger partial charge in [-0.25, -0.2) is 0 Å². The lowest BCUT2D eigenvalue weighted by Gasteiger charge is -1.99. The van der Waals surface area contributed by atoms with Crippen LogP contribution >= 0.6 is 15.9 Å². The number of benzene rings is 1. The summed E-state index contributed by atoms with van der Waals surface area (Å²) in [5.74, 6) is 1.16. The molecule has 16 heavy (non-hydrogen) atoms. The highest BCUT2D eigenvalue weighted by atomic mass is 79.9. The van der Waals surface area contributed by atoms with E-state index in [1.54, 1.807) is 6.07 Å². The Hall–Kier alpha value is -1.35. The number of hydrogen-bond acceptors (Lipinski definition) is 2. The van der Waals surface area contributed by atoms with Crippen LogP contribution in [-0.2, 0) is 0 Å². The molecule has 1 aromatic carbocycles. The molecule has 2 aromatic rings. The monoisotopic (exact) mass is 278 g/mol. The van der Waals surface area contributed by atoms with Gasteiger partial charge in [-0.15, -0.1) is 0 Å². The zero-order valence-corrected chi connectivity index (χ0v) is 10.5. The van der Waals surface area contributed by atoms with Crippen molar-refractivity contribution in [3.63, 3.8) is 0 Å². The molecule has 1 heterocycles. The second-order valence-corrected chi connectivity index (χ2v) is 4.27. The van der Waals surface area contributed by atoms with Crippen molar-refractivity contribution in [3.05, 3.63) is 46.6 Å². The number of ketones is 1. The molecule has 3 heteroatoms. The van der Waals surface area contributed by atoms with Gasteiger partial charge in [0.1, 0.15) is 5.76 Å². The summed E-state index contributed by atoms with van der Waals surface area (Å²) in [5, 5.41) is 0. The van der Waals surface area contributed by atoms with Gasteiger partial charge in [-0.1, -0.05) is 41.1 Å². The van der Waals surface area contributed by atoms with Crippen LogP contribution in [0.4, 0.5) is 0 Å². The third-order valence-electron chi connectivity index (χ3n) is 2.34. The fraction of sp³-hybridized carbons (Fsp3) is 0.154. The number of carbonyl (C=O) groups excluding carboxylic acids is 1. The molecule has 0 spiro atoms. The van der Waals surface area contributed by atoms with Gasteiger partial charge in [-0.3, -0.25) is 4.79 Å². The fourth-order valence-electron chi connectivity index (χ4n) is 1.47. The highest BCUT2D eigenvalue weighted by Crippen LogP contribution is 2.29. The molecule has 2 nitrogen and oxygen atoms in total. The molecule has 1 aromatic heterocycles. The average Bonchev–Trinajstić information content (AvgIpc) is 2.78. The summed E-state index contributed by atoms with van der Waals surface area (Å²) in [6, 6.07) is 11.3. The Kier molecular flexibility index (Phi) is 3.25. The first-order chi connectivity index (χ1) is 7.72. The highest BCUT2D eigenvalue weighted by Gasteiger charge is 2.11. The summed E-state index contributed by atoms with van der Waals surface area (Å²) in [6.07, 6.45) is 0.461. The van der Waals surface area contributed by atoms with Crippen LogP contribution in [0.25, 0.3) is 11.3 Å². The number of furan rings is 1. The van der Waals surface area contributed by atoms with Gasteiger partial charge < -0.3 is 4.42 Å². The van der Waals surface area contributed by atoms with Crippen molar-refractivity contribution < 1.29 is 9.21 Å². The van der Waals surface area contributed by atoms with Crippen molar-refractivity contribution in [2.75, 3.05) is 0 Å². The fourth-order valence-corrected chi connectivity index (χ4v) is 1.95. The molecule has 0 atom stereocenters. The van der Waals surface area contributed by atoms with E-state index in [0.29, 0.717) is 17.9 Å². The zero-order chi connectivity index (χ0) is 11.5. The SMILES string of the molecule is CCC(=O)c1ccc(-c2ccccc2Br)o1. The van der Waals surface area contributed by atoms with Crippen LogP contribution in [-0.4, -0.2) is 5.78 Å². The van der Waals surface area contributed by atoms with E-state index in [4.69, 9.17) is 4.42 Å². The first-order valence-electron chi connectivity index (χ1n) is 5.10. The summed E-state index contributed by atoms with van der Waals surface area (Å²) in [6.45, 7) is 1.82. The molecule has 0 N–H and O–H groups in total. The third-order valence-corrected chi connectivity index (χ3v) is 3.03. The predicted octanol–water partition coefficient (Wildman–Crippen LogP) is 4.30. The van der Waals surface area contributed by atoms with E-state index in [9.17, 15) is 4.79 Å². The highest BCUT2D eigenvalue weighted by molar-refractivity contribution is 9.10. The minimum Gasteiger partial charge on any atom is -0.453 e. The standard InChI is InChI=1S/C13H11BrO2/c1-2-11(15)13-8-7-12(16-13)9-5-3-4-6-10(9)14/h3-8H,2H2,1H3. The average molecular weight is 279 g/mol. The number of hydrogen-bond donors (Lipinski definition) is 0. The number of rotatable bonds is 3. The lowest BCUT2D eigenvalue weighted by atomic mass is 10.2. The van der Waals surface area contributed by atoms with Crippen molar-refractivity contribution in [3.8, 4) is 11.3 Å². The van der Waals surface area contributed by atoms with E-state index in [0.717, 1.165) is 10.0 Å². The minimum atomic E-state index is 0.0262. The first kappa shape index (κ1) is 11.1. The molecule has 0 bridgehead atoms. The van der Waals surface area contributed by atoms with Crippen LogP contribution in [0.1, 0.15) is 23.9 Å². The molecule has 0 aliphatic rings. The van der Waals surface area contributed by atoms with Crippen molar-refractivity contribution in [2.24, 2.45) is 0 Å². The van der Waals surface area contributed by atoms with Crippen molar-refractivity contribution in [2.45, 2.75) is 13.3 Å². The maximum atomic E-state index is 11.4. The van der Waals surface area contributed by atoms with E-state index in [2.05, 4.69) is 15.9 Å².